The van der Waals surface area contributed by atoms with Crippen molar-refractivity contribution in [2.24, 2.45) is 5.92 Å². The van der Waals surface area contributed by atoms with Gasteiger partial charge in [0.1, 0.15) is 5.00 Å². The van der Waals surface area contributed by atoms with Crippen LogP contribution < -0.4 is 5.32 Å². The number of rotatable bonds is 9. The molecule has 0 saturated carbocycles. The second kappa shape index (κ2) is 13.1. The zero-order valence-corrected chi connectivity index (χ0v) is 26.3. The van der Waals surface area contributed by atoms with Crippen molar-refractivity contribution in [2.45, 2.75) is 58.0 Å². The number of thiophene rings is 1. The molecule has 5 rings (SSSR count). The molecule has 8 nitrogen and oxygen atoms in total. The summed E-state index contributed by atoms with van der Waals surface area (Å²) in [7, 11) is -3.60. The molecule has 0 aliphatic carbocycles. The van der Waals surface area contributed by atoms with Crippen molar-refractivity contribution < 1.29 is 18.0 Å². The van der Waals surface area contributed by atoms with Crippen LogP contribution in [-0.2, 0) is 29.5 Å². The number of hydrogen-bond donors (Lipinski definition) is 1. The lowest BCUT2D eigenvalue weighted by atomic mass is 10.0. The van der Waals surface area contributed by atoms with E-state index in [1.165, 1.54) is 33.3 Å². The zero-order chi connectivity index (χ0) is 29.9. The minimum Gasteiger partial charge on any atom is -0.339 e. The number of anilines is 1. The van der Waals surface area contributed by atoms with E-state index in [-0.39, 0.29) is 16.7 Å². The minimum atomic E-state index is -3.60. The summed E-state index contributed by atoms with van der Waals surface area (Å²) in [6, 6.07) is 16.4. The summed E-state index contributed by atoms with van der Waals surface area (Å²) in [5.74, 6) is 0.0940. The van der Waals surface area contributed by atoms with E-state index in [0.29, 0.717) is 54.8 Å². The fourth-order valence-corrected chi connectivity index (χ4v) is 8.49. The maximum atomic E-state index is 13.7. The number of sulfonamides is 1. The van der Waals surface area contributed by atoms with Gasteiger partial charge in [-0.3, -0.25) is 14.5 Å². The smallest absolute Gasteiger partial charge is 0.257 e. The van der Waals surface area contributed by atoms with Crippen LogP contribution in [0.15, 0.2) is 59.5 Å². The van der Waals surface area contributed by atoms with Crippen LogP contribution in [0.3, 0.4) is 0 Å². The summed E-state index contributed by atoms with van der Waals surface area (Å²) in [4.78, 5) is 32.5. The molecule has 0 unspecified atom stereocenters. The van der Waals surface area contributed by atoms with Crippen molar-refractivity contribution in [2.75, 3.05) is 38.0 Å². The Bertz CT molecular complexity index is 1510. The third-order valence-electron chi connectivity index (χ3n) is 8.37. The lowest BCUT2D eigenvalue weighted by molar-refractivity contribution is 0.0772. The molecule has 0 atom stereocenters. The van der Waals surface area contributed by atoms with E-state index in [9.17, 15) is 18.0 Å². The molecule has 1 saturated heterocycles. The maximum absolute atomic E-state index is 13.7. The molecule has 2 aromatic carbocycles. The van der Waals surface area contributed by atoms with E-state index < -0.39 is 10.0 Å². The third-order valence-corrected chi connectivity index (χ3v) is 11.4. The topological polar surface area (TPSA) is 90.0 Å². The van der Waals surface area contributed by atoms with Gasteiger partial charge in [-0.2, -0.15) is 4.31 Å². The van der Waals surface area contributed by atoms with Crippen LogP contribution in [0.2, 0.25) is 0 Å². The van der Waals surface area contributed by atoms with Gasteiger partial charge in [-0.1, -0.05) is 37.3 Å². The number of benzene rings is 2. The first-order valence-electron chi connectivity index (χ1n) is 14.8. The van der Waals surface area contributed by atoms with Gasteiger partial charge in [0.2, 0.25) is 10.0 Å². The average Bonchev–Trinajstić information content (AvgIpc) is 3.35. The molecule has 1 fully saturated rings. The first-order chi connectivity index (χ1) is 20.2. The Morgan fingerprint density at radius 2 is 1.64 bits per heavy atom. The van der Waals surface area contributed by atoms with E-state index in [1.54, 1.807) is 17.0 Å². The minimum absolute atomic E-state index is 0.0680. The molecule has 224 valence electrons. The summed E-state index contributed by atoms with van der Waals surface area (Å²) in [6.07, 6.45) is 2.44. The molecule has 0 bridgehead atoms. The number of nitrogens with one attached hydrogen (secondary N) is 1. The summed E-state index contributed by atoms with van der Waals surface area (Å²) >= 11 is 1.47. The van der Waals surface area contributed by atoms with Crippen LogP contribution in [0.4, 0.5) is 5.00 Å². The van der Waals surface area contributed by atoms with Gasteiger partial charge in [-0.15, -0.1) is 11.3 Å². The monoisotopic (exact) mass is 608 g/mol. The summed E-state index contributed by atoms with van der Waals surface area (Å²) < 4.78 is 27.8. The van der Waals surface area contributed by atoms with E-state index >= 15 is 0 Å². The van der Waals surface area contributed by atoms with Gasteiger partial charge in [0.25, 0.3) is 11.8 Å². The number of amides is 2. The lowest BCUT2D eigenvalue weighted by Crippen LogP contribution is -2.37. The Balaban J connectivity index is 1.37. The van der Waals surface area contributed by atoms with Crippen molar-refractivity contribution in [3.8, 4) is 0 Å². The Hall–Kier alpha value is -3.05. The molecule has 3 heterocycles. The predicted octanol–water partition coefficient (Wildman–Crippen LogP) is 5.46. The molecule has 2 aliphatic rings. The number of fused-ring (bicyclic) bond motifs is 1. The van der Waals surface area contributed by atoms with Gasteiger partial charge in [0, 0.05) is 56.3 Å². The Morgan fingerprint density at radius 3 is 2.29 bits per heavy atom. The summed E-state index contributed by atoms with van der Waals surface area (Å²) in [6.45, 7) is 10.6. The number of hydrogen-bond acceptors (Lipinski definition) is 6. The molecular formula is C32H40N4O4S2. The number of carbonyl (C=O) groups excluding carboxylic acids is 2. The Kier molecular flexibility index (Phi) is 9.47. The fourth-order valence-electron chi connectivity index (χ4n) is 5.74. The number of nitrogens with zero attached hydrogens (tertiary/aromatic N) is 3. The number of piperidine rings is 1. The van der Waals surface area contributed by atoms with E-state index in [1.807, 2.05) is 32.0 Å². The van der Waals surface area contributed by atoms with Crippen LogP contribution in [0.1, 0.15) is 70.3 Å². The van der Waals surface area contributed by atoms with Crippen molar-refractivity contribution in [3.63, 3.8) is 0 Å². The first kappa shape index (κ1) is 30.4. The van der Waals surface area contributed by atoms with E-state index in [4.69, 9.17) is 0 Å². The molecule has 1 N–H and O–H groups in total. The van der Waals surface area contributed by atoms with Gasteiger partial charge < -0.3 is 10.2 Å². The van der Waals surface area contributed by atoms with Crippen LogP contribution in [0.5, 0.6) is 0 Å². The van der Waals surface area contributed by atoms with Gasteiger partial charge in [0.05, 0.1) is 10.5 Å². The Labute approximate surface area is 253 Å². The van der Waals surface area contributed by atoms with Gasteiger partial charge in [0.15, 0.2) is 0 Å². The first-order valence-corrected chi connectivity index (χ1v) is 17.1. The van der Waals surface area contributed by atoms with E-state index in [2.05, 4.69) is 29.3 Å². The van der Waals surface area contributed by atoms with Gasteiger partial charge >= 0.3 is 0 Å². The van der Waals surface area contributed by atoms with Crippen LogP contribution in [0, 0.1) is 5.92 Å². The van der Waals surface area contributed by atoms with E-state index in [0.717, 1.165) is 42.8 Å². The van der Waals surface area contributed by atoms with Gasteiger partial charge in [-0.05, 0) is 74.4 Å². The van der Waals surface area contributed by atoms with Crippen molar-refractivity contribution in [3.05, 3.63) is 81.7 Å². The summed E-state index contributed by atoms with van der Waals surface area (Å²) in [5, 5.41) is 3.57. The molecule has 0 radical (unpaired) electrons. The second-order valence-electron chi connectivity index (χ2n) is 11.2. The van der Waals surface area contributed by atoms with Crippen molar-refractivity contribution >= 4 is 38.2 Å². The van der Waals surface area contributed by atoms with Crippen LogP contribution in [-0.4, -0.2) is 67.1 Å². The highest BCUT2D eigenvalue weighted by Gasteiger charge is 2.31. The molecule has 2 amide bonds. The van der Waals surface area contributed by atoms with Crippen LogP contribution >= 0.6 is 11.3 Å². The average molecular weight is 609 g/mol. The molecule has 10 heteroatoms. The standard InChI is InChI=1S/C32H40N4O4S2/c1-4-35(5-2)32(38)29-27-17-18-34(21-24-9-7-6-8-10-24)22-28(27)41-31(29)33-30(37)25-11-13-26(14-12-25)42(39,40)36-19-15-23(3)16-20-36/h6-14,23H,4-5,15-22H2,1-3H3,(H,33,37). The normalized spacial score (nSPS) is 16.6. The molecule has 2 aliphatic heterocycles. The zero-order valence-electron chi connectivity index (χ0n) is 24.6. The number of carbonyl (C=O) groups is 2. The highest BCUT2D eigenvalue weighted by atomic mass is 32.2. The lowest BCUT2D eigenvalue weighted by Gasteiger charge is -2.29. The van der Waals surface area contributed by atoms with Crippen molar-refractivity contribution in [1.82, 2.24) is 14.1 Å². The highest BCUT2D eigenvalue weighted by Crippen LogP contribution is 2.38. The second-order valence-corrected chi connectivity index (χ2v) is 14.2. The fraction of sp³-hybridized carbons (Fsp3) is 0.438. The molecule has 3 aromatic rings. The third kappa shape index (κ3) is 6.46. The molecular weight excluding hydrogens is 569 g/mol. The molecule has 1 aromatic heterocycles. The summed E-state index contributed by atoms with van der Waals surface area (Å²) in [5.41, 5.74) is 3.20. The SMILES string of the molecule is CCN(CC)C(=O)c1c(NC(=O)c2ccc(S(=O)(=O)N3CCC(C)CC3)cc2)sc2c1CCN(Cc1ccccc1)C2. The predicted molar refractivity (Wildman–Crippen MR) is 167 cm³/mol. The van der Waals surface area contributed by atoms with Gasteiger partial charge in [-0.25, -0.2) is 8.42 Å². The highest BCUT2D eigenvalue weighted by molar-refractivity contribution is 7.89. The largest absolute Gasteiger partial charge is 0.339 e. The van der Waals surface area contributed by atoms with Crippen molar-refractivity contribution in [1.29, 1.82) is 0 Å². The quantitative estimate of drug-likeness (QED) is 0.349. The Morgan fingerprint density at radius 1 is 0.976 bits per heavy atom. The molecule has 42 heavy (non-hydrogen) atoms. The van der Waals surface area contributed by atoms with Crippen LogP contribution in [0.25, 0.3) is 0 Å². The maximum Gasteiger partial charge on any atom is 0.257 e. The molecule has 0 spiro atoms.